The summed E-state index contributed by atoms with van der Waals surface area (Å²) in [5.41, 5.74) is -0.733. The lowest BCUT2D eigenvalue weighted by Gasteiger charge is -2.21. The average molecular weight is 394 g/mol. The number of carbonyl (C=O) groups excluding carboxylic acids is 2. The molecular weight excluding hydrogens is 380 g/mol. The Labute approximate surface area is 153 Å². The number of aromatic hydroxyl groups is 3. The van der Waals surface area contributed by atoms with E-state index in [1.165, 1.54) is 13.0 Å². The third-order valence-corrected chi connectivity index (χ3v) is 4.60. The van der Waals surface area contributed by atoms with Gasteiger partial charge in [0.25, 0.3) is 0 Å². The normalized spacial score (nSPS) is 14.6. The third-order valence-electron chi connectivity index (χ3n) is 4.03. The minimum absolute atomic E-state index is 0.0970. The standard InChI is InChI=1S/C17H14O9S/c1-7(26-27(23,24)25)2-8-3-10-14(12(19)4-8)17(22)15-11(16(10)21)5-9(18)6-13(15)20/h3-7,18-20H,2H2,1H3,(H,23,24,25). The van der Waals surface area contributed by atoms with E-state index in [0.29, 0.717) is 0 Å². The number of rotatable bonds is 4. The number of phenolic OH excluding ortho intramolecular Hbond substituents is 3. The van der Waals surface area contributed by atoms with E-state index in [9.17, 15) is 33.3 Å². The van der Waals surface area contributed by atoms with Crippen molar-refractivity contribution >= 4 is 22.0 Å². The molecule has 3 rings (SSSR count). The van der Waals surface area contributed by atoms with Crippen LogP contribution in [0.2, 0.25) is 0 Å². The maximum atomic E-state index is 12.7. The van der Waals surface area contributed by atoms with Crippen molar-refractivity contribution in [3.63, 3.8) is 0 Å². The Balaban J connectivity index is 2.07. The van der Waals surface area contributed by atoms with E-state index in [1.54, 1.807) is 0 Å². The molecule has 0 fully saturated rings. The number of hydrogen-bond donors (Lipinski definition) is 4. The molecule has 0 heterocycles. The molecule has 0 aromatic heterocycles. The number of benzene rings is 2. The monoisotopic (exact) mass is 394 g/mol. The molecule has 27 heavy (non-hydrogen) atoms. The highest BCUT2D eigenvalue weighted by atomic mass is 32.3. The van der Waals surface area contributed by atoms with Crippen LogP contribution in [0.25, 0.3) is 0 Å². The molecule has 2 aromatic rings. The fourth-order valence-electron chi connectivity index (χ4n) is 3.09. The first-order chi connectivity index (χ1) is 12.5. The Bertz CT molecular complexity index is 1090. The minimum atomic E-state index is -4.68. The van der Waals surface area contributed by atoms with Gasteiger partial charge in [-0.2, -0.15) is 8.42 Å². The molecule has 0 bridgehead atoms. The Morgan fingerprint density at radius 2 is 1.48 bits per heavy atom. The molecule has 1 aliphatic rings. The zero-order chi connectivity index (χ0) is 20.1. The number of ketones is 2. The van der Waals surface area contributed by atoms with Gasteiger partial charge < -0.3 is 15.3 Å². The van der Waals surface area contributed by atoms with Gasteiger partial charge in [0, 0.05) is 23.6 Å². The van der Waals surface area contributed by atoms with Crippen molar-refractivity contribution in [3.05, 3.63) is 52.1 Å². The fraction of sp³-hybridized carbons (Fsp3) is 0.176. The van der Waals surface area contributed by atoms with Gasteiger partial charge in [0.05, 0.1) is 17.2 Å². The summed E-state index contributed by atoms with van der Waals surface area (Å²) in [6.07, 6.45) is -1.10. The summed E-state index contributed by atoms with van der Waals surface area (Å²) < 4.78 is 34.6. The van der Waals surface area contributed by atoms with E-state index in [4.69, 9.17) is 4.55 Å². The Hall–Kier alpha value is -2.95. The van der Waals surface area contributed by atoms with E-state index in [1.807, 2.05) is 0 Å². The molecule has 10 heteroatoms. The average Bonchev–Trinajstić information content (AvgIpc) is 2.49. The number of fused-ring (bicyclic) bond motifs is 2. The Morgan fingerprint density at radius 1 is 0.926 bits per heavy atom. The van der Waals surface area contributed by atoms with Gasteiger partial charge in [0.15, 0.2) is 5.78 Å². The van der Waals surface area contributed by atoms with Crippen molar-refractivity contribution in [1.29, 1.82) is 0 Å². The molecule has 1 unspecified atom stereocenters. The van der Waals surface area contributed by atoms with Crippen LogP contribution in [0.15, 0.2) is 24.3 Å². The van der Waals surface area contributed by atoms with Crippen molar-refractivity contribution in [2.75, 3.05) is 0 Å². The molecule has 0 spiro atoms. The van der Waals surface area contributed by atoms with E-state index >= 15 is 0 Å². The van der Waals surface area contributed by atoms with E-state index in [0.717, 1.165) is 18.2 Å². The van der Waals surface area contributed by atoms with Gasteiger partial charge in [-0.1, -0.05) is 0 Å². The molecule has 1 aliphatic carbocycles. The van der Waals surface area contributed by atoms with Crippen molar-refractivity contribution in [3.8, 4) is 17.2 Å². The fourth-order valence-corrected chi connectivity index (χ4v) is 3.58. The molecular formula is C17H14O9S. The van der Waals surface area contributed by atoms with Crippen LogP contribution in [0.3, 0.4) is 0 Å². The SMILES string of the molecule is CC(Cc1cc(O)c2c(c1)C(=O)c1cc(O)cc(O)c1C2=O)OS(=O)(=O)O. The highest BCUT2D eigenvalue weighted by molar-refractivity contribution is 7.80. The molecule has 0 saturated carbocycles. The molecule has 4 N–H and O–H groups in total. The summed E-state index contributed by atoms with van der Waals surface area (Å²) in [4.78, 5) is 25.4. The molecule has 0 radical (unpaired) electrons. The van der Waals surface area contributed by atoms with Gasteiger partial charge in [0.1, 0.15) is 17.2 Å². The van der Waals surface area contributed by atoms with Gasteiger partial charge in [-0.15, -0.1) is 0 Å². The molecule has 0 aliphatic heterocycles. The minimum Gasteiger partial charge on any atom is -0.508 e. The molecule has 2 aromatic carbocycles. The van der Waals surface area contributed by atoms with Gasteiger partial charge in [-0.05, 0) is 30.7 Å². The zero-order valence-corrected chi connectivity index (χ0v) is 14.6. The zero-order valence-electron chi connectivity index (χ0n) is 13.8. The maximum Gasteiger partial charge on any atom is 0.397 e. The number of hydrogen-bond acceptors (Lipinski definition) is 8. The summed E-state index contributed by atoms with van der Waals surface area (Å²) in [5, 5.41) is 29.7. The van der Waals surface area contributed by atoms with Crippen LogP contribution >= 0.6 is 0 Å². The van der Waals surface area contributed by atoms with Crippen molar-refractivity contribution in [1.82, 2.24) is 0 Å². The van der Waals surface area contributed by atoms with Crippen LogP contribution < -0.4 is 0 Å². The summed E-state index contributed by atoms with van der Waals surface area (Å²) in [7, 11) is -4.68. The largest absolute Gasteiger partial charge is 0.508 e. The second kappa shape index (κ2) is 6.34. The summed E-state index contributed by atoms with van der Waals surface area (Å²) in [5.74, 6) is -3.02. The van der Waals surface area contributed by atoms with Crippen LogP contribution in [0.1, 0.15) is 44.3 Å². The van der Waals surface area contributed by atoms with Gasteiger partial charge in [-0.3, -0.25) is 14.1 Å². The number of carbonyl (C=O) groups is 2. The maximum absolute atomic E-state index is 12.7. The first kappa shape index (κ1) is 18.8. The van der Waals surface area contributed by atoms with E-state index in [2.05, 4.69) is 4.18 Å². The topological polar surface area (TPSA) is 158 Å². The Morgan fingerprint density at radius 3 is 2.07 bits per heavy atom. The third kappa shape index (κ3) is 3.50. The van der Waals surface area contributed by atoms with Crippen molar-refractivity contribution in [2.45, 2.75) is 19.4 Å². The first-order valence-corrected chi connectivity index (χ1v) is 9.01. The lowest BCUT2D eigenvalue weighted by atomic mass is 9.81. The highest BCUT2D eigenvalue weighted by Gasteiger charge is 2.35. The number of phenols is 3. The van der Waals surface area contributed by atoms with Gasteiger partial charge in [0.2, 0.25) is 5.78 Å². The van der Waals surface area contributed by atoms with Crippen LogP contribution in [0.4, 0.5) is 0 Å². The lowest BCUT2D eigenvalue weighted by Crippen LogP contribution is -2.22. The van der Waals surface area contributed by atoms with Crippen LogP contribution in [0, 0.1) is 0 Å². The second-order valence-electron chi connectivity index (χ2n) is 6.12. The smallest absolute Gasteiger partial charge is 0.397 e. The van der Waals surface area contributed by atoms with E-state index < -0.39 is 45.3 Å². The summed E-state index contributed by atoms with van der Waals surface area (Å²) in [6, 6.07) is 4.39. The lowest BCUT2D eigenvalue weighted by molar-refractivity contribution is 0.0973. The van der Waals surface area contributed by atoms with Gasteiger partial charge >= 0.3 is 10.4 Å². The predicted octanol–water partition coefficient (Wildman–Crippen LogP) is 1.33. The first-order valence-electron chi connectivity index (χ1n) is 7.65. The highest BCUT2D eigenvalue weighted by Crippen LogP contribution is 2.39. The molecule has 0 amide bonds. The second-order valence-corrected chi connectivity index (χ2v) is 7.17. The quantitative estimate of drug-likeness (QED) is 0.479. The molecule has 0 saturated heterocycles. The van der Waals surface area contributed by atoms with Crippen LogP contribution in [0.5, 0.6) is 17.2 Å². The molecule has 9 nitrogen and oxygen atoms in total. The van der Waals surface area contributed by atoms with Gasteiger partial charge in [-0.25, -0.2) is 4.18 Å². The summed E-state index contributed by atoms with van der Waals surface area (Å²) in [6.45, 7) is 1.35. The van der Waals surface area contributed by atoms with Crippen molar-refractivity contribution < 1.29 is 42.1 Å². The predicted molar refractivity (Wildman–Crippen MR) is 90.5 cm³/mol. The molecule has 142 valence electrons. The Kier molecular flexibility index (Phi) is 4.42. The van der Waals surface area contributed by atoms with Crippen LogP contribution in [-0.2, 0) is 21.0 Å². The van der Waals surface area contributed by atoms with Crippen LogP contribution in [-0.4, -0.2) is 46.0 Å². The van der Waals surface area contributed by atoms with Crippen molar-refractivity contribution in [2.24, 2.45) is 0 Å². The van der Waals surface area contributed by atoms with E-state index in [-0.39, 0.29) is 34.2 Å². The summed E-state index contributed by atoms with van der Waals surface area (Å²) >= 11 is 0. The molecule has 1 atom stereocenters.